The molecule has 30 heavy (non-hydrogen) atoms. The number of hydrogen-bond acceptors (Lipinski definition) is 4. The Kier molecular flexibility index (Phi) is 12.0. The normalized spacial score (nSPS) is 11.4. The molecule has 0 fully saturated rings. The molecule has 0 saturated heterocycles. The minimum absolute atomic E-state index is 0.0156. The molecule has 2 rings (SSSR count). The molecule has 7 heteroatoms. The SMILES string of the molecule is CCCN(CCC)CCCCNC(=O)c1ccc(CN(CI)Cc2ncc[nH]2)cc1. The summed E-state index contributed by atoms with van der Waals surface area (Å²) in [6, 6.07) is 7.94. The van der Waals surface area contributed by atoms with Crippen molar-refractivity contribution < 1.29 is 4.79 Å². The Balaban J connectivity index is 1.71. The molecule has 2 N–H and O–H groups in total. The number of carbonyl (C=O) groups excluding carboxylic acids is 1. The van der Waals surface area contributed by atoms with Crippen LogP contribution in [-0.2, 0) is 13.1 Å². The summed E-state index contributed by atoms with van der Waals surface area (Å²) in [7, 11) is 0. The lowest BCUT2D eigenvalue weighted by Gasteiger charge is -2.20. The minimum atomic E-state index is 0.0156. The maximum absolute atomic E-state index is 12.4. The lowest BCUT2D eigenvalue weighted by molar-refractivity contribution is 0.0952. The van der Waals surface area contributed by atoms with E-state index in [9.17, 15) is 4.79 Å². The van der Waals surface area contributed by atoms with E-state index >= 15 is 0 Å². The van der Waals surface area contributed by atoms with Crippen molar-refractivity contribution in [2.75, 3.05) is 30.7 Å². The van der Waals surface area contributed by atoms with E-state index in [1.165, 1.54) is 31.5 Å². The molecule has 0 aliphatic rings. The van der Waals surface area contributed by atoms with Gasteiger partial charge in [0, 0.05) is 31.0 Å². The molecule has 166 valence electrons. The van der Waals surface area contributed by atoms with Crippen LogP contribution in [0.1, 0.15) is 61.3 Å². The first-order chi connectivity index (χ1) is 14.7. The zero-order valence-corrected chi connectivity index (χ0v) is 20.5. The third kappa shape index (κ3) is 9.14. The monoisotopic (exact) mass is 525 g/mol. The van der Waals surface area contributed by atoms with Crippen molar-refractivity contribution in [3.05, 3.63) is 53.6 Å². The van der Waals surface area contributed by atoms with Crippen LogP contribution in [0.3, 0.4) is 0 Å². The van der Waals surface area contributed by atoms with Crippen LogP contribution in [0.5, 0.6) is 0 Å². The Hall–Kier alpha value is -1.45. The highest BCUT2D eigenvalue weighted by Crippen LogP contribution is 2.11. The predicted octanol–water partition coefficient (Wildman–Crippen LogP) is 4.44. The maximum atomic E-state index is 12.4. The number of alkyl halides is 1. The fraction of sp³-hybridized carbons (Fsp3) is 0.565. The molecule has 1 amide bonds. The highest BCUT2D eigenvalue weighted by atomic mass is 127. The van der Waals surface area contributed by atoms with Gasteiger partial charge in [-0.2, -0.15) is 0 Å². The van der Waals surface area contributed by atoms with Crippen LogP contribution in [0.15, 0.2) is 36.7 Å². The second-order valence-electron chi connectivity index (χ2n) is 7.64. The van der Waals surface area contributed by atoms with Crippen LogP contribution in [0.25, 0.3) is 0 Å². The van der Waals surface area contributed by atoms with Gasteiger partial charge >= 0.3 is 0 Å². The topological polar surface area (TPSA) is 64.3 Å². The highest BCUT2D eigenvalue weighted by Gasteiger charge is 2.09. The van der Waals surface area contributed by atoms with E-state index in [1.54, 1.807) is 6.20 Å². The smallest absolute Gasteiger partial charge is 0.251 e. The highest BCUT2D eigenvalue weighted by molar-refractivity contribution is 14.1. The summed E-state index contributed by atoms with van der Waals surface area (Å²) in [6.07, 6.45) is 8.17. The molecule has 0 aliphatic heterocycles. The standard InChI is InChI=1S/C23H36IN5O/c1-3-14-28(15-4-2)16-6-5-11-27-23(30)21-9-7-20(8-10-21)17-29(19-24)18-22-25-12-13-26-22/h7-10,12-13H,3-6,11,14-19H2,1-2H3,(H,25,26)(H,27,30). The minimum Gasteiger partial charge on any atom is -0.352 e. The molecule has 1 aromatic heterocycles. The van der Waals surface area contributed by atoms with E-state index in [-0.39, 0.29) is 5.91 Å². The van der Waals surface area contributed by atoms with E-state index in [2.05, 4.69) is 61.5 Å². The van der Waals surface area contributed by atoms with Gasteiger partial charge in [0.25, 0.3) is 5.91 Å². The summed E-state index contributed by atoms with van der Waals surface area (Å²) in [5, 5.41) is 3.06. The molecule has 0 unspecified atom stereocenters. The number of amides is 1. The quantitative estimate of drug-likeness (QED) is 0.156. The molecule has 1 heterocycles. The number of imidazole rings is 1. The number of H-pyrrole nitrogens is 1. The molecule has 2 aromatic rings. The van der Waals surface area contributed by atoms with Crippen LogP contribution < -0.4 is 5.32 Å². The largest absolute Gasteiger partial charge is 0.352 e. The van der Waals surface area contributed by atoms with E-state index in [4.69, 9.17) is 0 Å². The molecule has 0 spiro atoms. The van der Waals surface area contributed by atoms with Gasteiger partial charge in [0.1, 0.15) is 5.82 Å². The Morgan fingerprint density at radius 2 is 1.77 bits per heavy atom. The zero-order chi connectivity index (χ0) is 21.6. The van der Waals surface area contributed by atoms with Crippen LogP contribution in [-0.4, -0.2) is 56.4 Å². The van der Waals surface area contributed by atoms with Crippen molar-refractivity contribution in [3.63, 3.8) is 0 Å². The van der Waals surface area contributed by atoms with E-state index in [0.29, 0.717) is 0 Å². The van der Waals surface area contributed by atoms with Crippen LogP contribution in [0, 0.1) is 0 Å². The molecule has 6 nitrogen and oxygen atoms in total. The third-order valence-corrected chi connectivity index (χ3v) is 5.95. The second-order valence-corrected chi connectivity index (χ2v) is 8.33. The fourth-order valence-corrected chi connectivity index (χ4v) is 3.97. The number of nitrogens with one attached hydrogen (secondary N) is 2. The van der Waals surface area contributed by atoms with Gasteiger partial charge in [-0.3, -0.25) is 9.69 Å². The van der Waals surface area contributed by atoms with Gasteiger partial charge in [-0.25, -0.2) is 4.98 Å². The first-order valence-corrected chi connectivity index (χ1v) is 12.5. The van der Waals surface area contributed by atoms with Crippen LogP contribution in [0.4, 0.5) is 0 Å². The second kappa shape index (κ2) is 14.5. The summed E-state index contributed by atoms with van der Waals surface area (Å²) in [5.41, 5.74) is 1.92. The number of unbranched alkanes of at least 4 members (excludes halogenated alkanes) is 1. The maximum Gasteiger partial charge on any atom is 0.251 e. The Morgan fingerprint density at radius 1 is 1.03 bits per heavy atom. The fourth-order valence-electron chi connectivity index (χ4n) is 3.49. The number of benzene rings is 1. The number of rotatable bonds is 15. The average molecular weight is 525 g/mol. The molecular formula is C23H36IN5O. The van der Waals surface area contributed by atoms with Crippen LogP contribution in [0.2, 0.25) is 0 Å². The van der Waals surface area contributed by atoms with Gasteiger partial charge in [-0.05, 0) is 63.0 Å². The Morgan fingerprint density at radius 3 is 2.37 bits per heavy atom. The van der Waals surface area contributed by atoms with E-state index in [0.717, 1.165) is 55.0 Å². The summed E-state index contributed by atoms with van der Waals surface area (Å²) in [5.74, 6) is 0.983. The number of carbonyl (C=O) groups is 1. The van der Waals surface area contributed by atoms with Gasteiger partial charge in [-0.15, -0.1) is 0 Å². The van der Waals surface area contributed by atoms with Crippen molar-refractivity contribution in [1.82, 2.24) is 25.1 Å². The molecule has 0 bridgehead atoms. The molecule has 0 aliphatic carbocycles. The zero-order valence-electron chi connectivity index (χ0n) is 18.4. The molecule has 1 aromatic carbocycles. The van der Waals surface area contributed by atoms with E-state index < -0.39 is 0 Å². The summed E-state index contributed by atoms with van der Waals surface area (Å²) >= 11 is 2.37. The number of aromatic nitrogens is 2. The van der Waals surface area contributed by atoms with E-state index in [1.807, 2.05) is 30.5 Å². The predicted molar refractivity (Wildman–Crippen MR) is 132 cm³/mol. The molecule has 0 atom stereocenters. The van der Waals surface area contributed by atoms with Gasteiger partial charge in [0.15, 0.2) is 0 Å². The van der Waals surface area contributed by atoms with Gasteiger partial charge in [-0.1, -0.05) is 48.6 Å². The molecule has 0 radical (unpaired) electrons. The first-order valence-electron chi connectivity index (χ1n) is 11.0. The number of aromatic amines is 1. The molecule has 0 saturated carbocycles. The Labute approximate surface area is 195 Å². The number of halogens is 1. The van der Waals surface area contributed by atoms with Gasteiger partial charge < -0.3 is 15.2 Å². The summed E-state index contributed by atoms with van der Waals surface area (Å²) in [6.45, 7) is 10.3. The third-order valence-electron chi connectivity index (χ3n) is 4.99. The van der Waals surface area contributed by atoms with Crippen molar-refractivity contribution in [3.8, 4) is 0 Å². The average Bonchev–Trinajstić information content (AvgIpc) is 3.26. The number of hydrogen-bond donors (Lipinski definition) is 2. The summed E-state index contributed by atoms with van der Waals surface area (Å²) in [4.78, 5) is 24.7. The van der Waals surface area contributed by atoms with Gasteiger partial charge in [0.2, 0.25) is 0 Å². The molecular weight excluding hydrogens is 489 g/mol. The van der Waals surface area contributed by atoms with Crippen molar-refractivity contribution >= 4 is 28.5 Å². The van der Waals surface area contributed by atoms with Crippen molar-refractivity contribution in [2.45, 2.75) is 52.6 Å². The first kappa shape index (κ1) is 24.8. The summed E-state index contributed by atoms with van der Waals surface area (Å²) < 4.78 is 0.911. The van der Waals surface area contributed by atoms with Crippen molar-refractivity contribution in [2.24, 2.45) is 0 Å². The lowest BCUT2D eigenvalue weighted by Crippen LogP contribution is -2.28. The van der Waals surface area contributed by atoms with Crippen LogP contribution >= 0.6 is 22.6 Å². The Bertz CT molecular complexity index is 699. The number of nitrogens with zero attached hydrogens (tertiary/aromatic N) is 3. The lowest BCUT2D eigenvalue weighted by atomic mass is 10.1. The van der Waals surface area contributed by atoms with Crippen molar-refractivity contribution in [1.29, 1.82) is 0 Å². The van der Waals surface area contributed by atoms with Gasteiger partial charge in [0.05, 0.1) is 11.1 Å².